The van der Waals surface area contributed by atoms with Crippen LogP contribution in [0.5, 0.6) is 5.75 Å². The molecule has 1 fully saturated rings. The molecule has 1 aromatic heterocycles. The van der Waals surface area contributed by atoms with Gasteiger partial charge in [-0.2, -0.15) is 0 Å². The molecule has 1 saturated heterocycles. The maximum atomic E-state index is 13.2. The van der Waals surface area contributed by atoms with Gasteiger partial charge in [-0.25, -0.2) is 13.8 Å². The van der Waals surface area contributed by atoms with Crippen molar-refractivity contribution in [1.29, 1.82) is 0 Å². The van der Waals surface area contributed by atoms with Gasteiger partial charge in [-0.3, -0.25) is 0 Å². The number of nitrogens with zero attached hydrogens (tertiary/aromatic N) is 2. The van der Waals surface area contributed by atoms with E-state index in [4.69, 9.17) is 9.47 Å². The maximum Gasteiger partial charge on any atom is 0.295 e. The lowest BCUT2D eigenvalue weighted by atomic mass is 10.0. The third-order valence-corrected chi connectivity index (χ3v) is 4.71. The van der Waals surface area contributed by atoms with Crippen LogP contribution in [-0.2, 0) is 11.8 Å². The van der Waals surface area contributed by atoms with E-state index in [1.54, 1.807) is 13.1 Å². The number of hydrogen-bond acceptors (Lipinski definition) is 3. The summed E-state index contributed by atoms with van der Waals surface area (Å²) >= 11 is 0. The molecule has 0 saturated carbocycles. The van der Waals surface area contributed by atoms with Crippen LogP contribution in [0.2, 0.25) is 0 Å². The van der Waals surface area contributed by atoms with Gasteiger partial charge in [0.1, 0.15) is 5.75 Å². The highest BCUT2D eigenvalue weighted by molar-refractivity contribution is 5.92. The number of imidazole rings is 1. The van der Waals surface area contributed by atoms with E-state index in [0.717, 1.165) is 42.7 Å². The number of alkyl halides is 2. The van der Waals surface area contributed by atoms with Crippen molar-refractivity contribution in [2.45, 2.75) is 32.0 Å². The Morgan fingerprint density at radius 2 is 1.96 bits per heavy atom. The van der Waals surface area contributed by atoms with Gasteiger partial charge in [0, 0.05) is 19.0 Å². The molecule has 3 aromatic rings. The van der Waals surface area contributed by atoms with E-state index in [-0.39, 0.29) is 12.1 Å². The molecule has 0 spiro atoms. The van der Waals surface area contributed by atoms with Gasteiger partial charge in [0.2, 0.25) is 0 Å². The van der Waals surface area contributed by atoms with Gasteiger partial charge in [0.05, 0.1) is 17.6 Å². The molecule has 0 N–H and O–H groups in total. The van der Waals surface area contributed by atoms with Gasteiger partial charge >= 0.3 is 0 Å². The predicted octanol–water partition coefficient (Wildman–Crippen LogP) is 5.08. The average Bonchev–Trinajstić information content (AvgIpc) is 3.01. The molecular weight excluding hydrogens is 338 g/mol. The third kappa shape index (κ3) is 3.17. The summed E-state index contributed by atoms with van der Waals surface area (Å²) in [5, 5.41) is 0. The molecule has 26 heavy (non-hydrogen) atoms. The van der Waals surface area contributed by atoms with Crippen LogP contribution < -0.4 is 4.74 Å². The van der Waals surface area contributed by atoms with Crippen LogP contribution >= 0.6 is 0 Å². The largest absolute Gasteiger partial charge is 0.465 e. The van der Waals surface area contributed by atoms with Gasteiger partial charge in [-0.05, 0) is 36.6 Å². The summed E-state index contributed by atoms with van der Waals surface area (Å²) in [6, 6.07) is 13.1. The van der Waals surface area contributed by atoms with Crippen LogP contribution in [-0.4, -0.2) is 22.4 Å². The van der Waals surface area contributed by atoms with Crippen LogP contribution in [0.1, 0.15) is 31.5 Å². The number of aromatic nitrogens is 2. The van der Waals surface area contributed by atoms with Gasteiger partial charge in [-0.15, -0.1) is 0 Å². The lowest BCUT2D eigenvalue weighted by Gasteiger charge is -2.23. The highest BCUT2D eigenvalue weighted by atomic mass is 19.3. The molecule has 4 nitrogen and oxygen atoms in total. The Balaban J connectivity index is 1.64. The highest BCUT2D eigenvalue weighted by Gasteiger charge is 2.19. The minimum Gasteiger partial charge on any atom is -0.465 e. The summed E-state index contributed by atoms with van der Waals surface area (Å²) in [6.45, 7) is 0.733. The Morgan fingerprint density at radius 1 is 1.15 bits per heavy atom. The van der Waals surface area contributed by atoms with Gasteiger partial charge in [0.15, 0.2) is 12.1 Å². The van der Waals surface area contributed by atoms with E-state index in [1.807, 2.05) is 36.4 Å². The molecule has 1 aliphatic heterocycles. The first-order valence-corrected chi connectivity index (χ1v) is 8.75. The zero-order valence-electron chi connectivity index (χ0n) is 14.5. The Kier molecular flexibility index (Phi) is 4.59. The van der Waals surface area contributed by atoms with Crippen molar-refractivity contribution in [2.24, 2.45) is 7.05 Å². The maximum absolute atomic E-state index is 13.2. The first-order chi connectivity index (χ1) is 12.6. The van der Waals surface area contributed by atoms with E-state index >= 15 is 0 Å². The molecule has 1 unspecified atom stereocenters. The topological polar surface area (TPSA) is 36.3 Å². The molecule has 2 aromatic carbocycles. The SMILES string of the molecule is Cn1c(C(F)F)nc2c(-c3ccc(OC4CCCCO4)cc3)cccc21. The molecule has 1 aliphatic rings. The van der Waals surface area contributed by atoms with Crippen molar-refractivity contribution < 1.29 is 18.3 Å². The molecule has 6 heteroatoms. The van der Waals surface area contributed by atoms with Gasteiger partial charge in [-0.1, -0.05) is 24.3 Å². The molecule has 4 rings (SSSR count). The number of aryl methyl sites for hydroxylation is 1. The fourth-order valence-corrected chi connectivity index (χ4v) is 3.33. The number of benzene rings is 2. The number of rotatable bonds is 4. The van der Waals surface area contributed by atoms with E-state index in [1.165, 1.54) is 4.57 Å². The van der Waals surface area contributed by atoms with E-state index in [2.05, 4.69) is 4.98 Å². The number of ether oxygens (including phenoxy) is 2. The highest BCUT2D eigenvalue weighted by Crippen LogP contribution is 2.32. The van der Waals surface area contributed by atoms with E-state index in [0.29, 0.717) is 11.0 Å². The summed E-state index contributed by atoms with van der Waals surface area (Å²) < 4.78 is 39.2. The number of fused-ring (bicyclic) bond motifs is 1. The van der Waals surface area contributed by atoms with Crippen molar-refractivity contribution >= 4 is 11.0 Å². The molecule has 0 aliphatic carbocycles. The summed E-state index contributed by atoms with van der Waals surface area (Å²) in [7, 11) is 1.61. The quantitative estimate of drug-likeness (QED) is 0.652. The minimum absolute atomic E-state index is 0.192. The summed E-state index contributed by atoms with van der Waals surface area (Å²) in [5.74, 6) is 0.518. The average molecular weight is 358 g/mol. The zero-order valence-corrected chi connectivity index (χ0v) is 14.5. The third-order valence-electron chi connectivity index (χ3n) is 4.71. The first kappa shape index (κ1) is 17.0. The molecular formula is C20H20F2N2O2. The Morgan fingerprint density at radius 3 is 2.65 bits per heavy atom. The van der Waals surface area contributed by atoms with Crippen LogP contribution in [0.4, 0.5) is 8.78 Å². The Bertz CT molecular complexity index is 900. The van der Waals surface area contributed by atoms with Crippen molar-refractivity contribution in [1.82, 2.24) is 9.55 Å². The molecule has 0 amide bonds. The lowest BCUT2D eigenvalue weighted by molar-refractivity contribution is -0.105. The first-order valence-electron chi connectivity index (χ1n) is 8.75. The summed E-state index contributed by atoms with van der Waals surface area (Å²) in [4.78, 5) is 4.17. The smallest absolute Gasteiger partial charge is 0.295 e. The molecule has 136 valence electrons. The van der Waals surface area contributed by atoms with Crippen molar-refractivity contribution in [3.05, 3.63) is 48.3 Å². The molecule has 0 radical (unpaired) electrons. The molecule has 2 heterocycles. The number of hydrogen-bond donors (Lipinski definition) is 0. The fraction of sp³-hybridized carbons (Fsp3) is 0.350. The second-order valence-corrected chi connectivity index (χ2v) is 6.44. The van der Waals surface area contributed by atoms with Crippen molar-refractivity contribution in [3.8, 4) is 16.9 Å². The minimum atomic E-state index is -2.61. The normalized spacial score (nSPS) is 17.8. The van der Waals surface area contributed by atoms with Crippen LogP contribution in [0.25, 0.3) is 22.2 Å². The Labute approximate surface area is 150 Å². The van der Waals surface area contributed by atoms with Gasteiger partial charge in [0.25, 0.3) is 6.43 Å². The van der Waals surface area contributed by atoms with Gasteiger partial charge < -0.3 is 14.0 Å². The standard InChI is InChI=1S/C20H20F2N2O2/c1-24-16-6-4-5-15(18(16)23-20(24)19(21)22)13-8-10-14(11-9-13)26-17-7-2-3-12-25-17/h4-6,8-11,17,19H,2-3,7,12H2,1H3. The van der Waals surface area contributed by atoms with Crippen LogP contribution in [0, 0.1) is 0 Å². The monoisotopic (exact) mass is 358 g/mol. The summed E-state index contributed by atoms with van der Waals surface area (Å²) in [6.07, 6.45) is 0.282. The summed E-state index contributed by atoms with van der Waals surface area (Å²) in [5.41, 5.74) is 3.00. The molecule has 0 bridgehead atoms. The van der Waals surface area contributed by atoms with Crippen molar-refractivity contribution in [2.75, 3.05) is 6.61 Å². The second kappa shape index (κ2) is 7.03. The second-order valence-electron chi connectivity index (χ2n) is 6.44. The predicted molar refractivity (Wildman–Crippen MR) is 95.3 cm³/mol. The van der Waals surface area contributed by atoms with Crippen LogP contribution in [0.3, 0.4) is 0 Å². The Hall–Kier alpha value is -2.47. The number of halogens is 2. The van der Waals surface area contributed by atoms with E-state index < -0.39 is 6.43 Å². The van der Waals surface area contributed by atoms with Crippen LogP contribution in [0.15, 0.2) is 42.5 Å². The molecule has 1 atom stereocenters. The fourth-order valence-electron chi connectivity index (χ4n) is 3.33. The number of para-hydroxylation sites is 1. The zero-order chi connectivity index (χ0) is 18.1. The van der Waals surface area contributed by atoms with Crippen molar-refractivity contribution in [3.63, 3.8) is 0 Å². The van der Waals surface area contributed by atoms with E-state index in [9.17, 15) is 8.78 Å². The lowest BCUT2D eigenvalue weighted by Crippen LogP contribution is -2.24.